The summed E-state index contributed by atoms with van der Waals surface area (Å²) in [4.78, 5) is 14.5. The molecule has 0 N–H and O–H groups in total. The van der Waals surface area contributed by atoms with Gasteiger partial charge in [0.1, 0.15) is 0 Å². The fourth-order valence-electron chi connectivity index (χ4n) is 4.87. The Morgan fingerprint density at radius 3 is 0.708 bits per heavy atom. The lowest BCUT2D eigenvalue weighted by molar-refractivity contribution is 0.0704. The van der Waals surface area contributed by atoms with Crippen LogP contribution in [0.1, 0.15) is 81.6 Å². The second-order valence-electron chi connectivity index (χ2n) is 9.99. The zero-order valence-electron chi connectivity index (χ0n) is 31.0. The molecule has 0 amide bonds. The van der Waals surface area contributed by atoms with E-state index in [2.05, 4.69) is 0 Å². The Kier molecular flexibility index (Phi) is 27.0. The number of thioether (sulfide) groups is 3. The molecule has 18 heteroatoms. The topological polar surface area (TPSA) is 122 Å². The van der Waals surface area contributed by atoms with Gasteiger partial charge in [-0.25, -0.2) is 0 Å². The SMILES string of the molecule is CCO[Si](CCCSc1nc(SCCC[Si](OCC)(OCC)OCC)nc(SCCC[Si](OCC)(OCC)OCC)n1)(OCC)OCC. The van der Waals surface area contributed by atoms with Crippen LogP contribution in [0.4, 0.5) is 0 Å². The summed E-state index contributed by atoms with van der Waals surface area (Å²) in [5.74, 6) is 2.45. The molecule has 1 heterocycles. The predicted octanol–water partition coefficient (Wildman–Crippen LogP) is 7.46. The summed E-state index contributed by atoms with van der Waals surface area (Å²) in [6.07, 6.45) is 2.60. The molecule has 48 heavy (non-hydrogen) atoms. The molecule has 282 valence electrons. The molecular formula is C30H63N3O9S3Si3. The van der Waals surface area contributed by atoms with Crippen LogP contribution in [-0.2, 0) is 39.8 Å². The Morgan fingerprint density at radius 1 is 0.354 bits per heavy atom. The molecular weight excluding hydrogens is 727 g/mol. The van der Waals surface area contributed by atoms with E-state index in [4.69, 9.17) is 54.8 Å². The van der Waals surface area contributed by atoms with Gasteiger partial charge in [0.2, 0.25) is 0 Å². The maximum atomic E-state index is 6.04. The highest BCUT2D eigenvalue weighted by Gasteiger charge is 2.41. The van der Waals surface area contributed by atoms with Gasteiger partial charge in [-0.2, -0.15) is 15.0 Å². The Bertz CT molecular complexity index is 776. The number of hydrogen-bond acceptors (Lipinski definition) is 15. The Hall–Kier alpha value is 0.351. The quantitative estimate of drug-likeness (QED) is 0.0398. The van der Waals surface area contributed by atoms with Gasteiger partial charge in [-0.3, -0.25) is 0 Å². The average Bonchev–Trinajstić information content (AvgIpc) is 3.05. The molecule has 0 spiro atoms. The van der Waals surface area contributed by atoms with Gasteiger partial charge >= 0.3 is 26.4 Å². The lowest BCUT2D eigenvalue weighted by Gasteiger charge is -2.28. The first-order valence-electron chi connectivity index (χ1n) is 17.7. The third-order valence-corrected chi connectivity index (χ3v) is 18.7. The van der Waals surface area contributed by atoms with Crippen LogP contribution >= 0.6 is 35.3 Å². The molecule has 12 nitrogen and oxygen atoms in total. The van der Waals surface area contributed by atoms with Crippen molar-refractivity contribution < 1.29 is 39.8 Å². The van der Waals surface area contributed by atoms with Crippen LogP contribution in [0.3, 0.4) is 0 Å². The Morgan fingerprint density at radius 2 is 0.542 bits per heavy atom. The third-order valence-electron chi connectivity index (χ3n) is 6.43. The largest absolute Gasteiger partial charge is 0.500 e. The van der Waals surface area contributed by atoms with E-state index in [1.54, 1.807) is 35.3 Å². The summed E-state index contributed by atoms with van der Waals surface area (Å²) in [7, 11) is -8.09. The standard InChI is InChI=1S/C30H63N3O9S3Si3/c1-10-34-46(35-11-2,36-12-3)25-19-22-43-28-31-29(44-23-20-26-47(37-13-4,38-14-5)39-15-6)33-30(32-28)45-24-21-27-48(40-16-7,41-17-8)42-18-9/h10-27H2,1-9H3. The second-order valence-corrected chi connectivity index (χ2v) is 21.4. The zero-order valence-corrected chi connectivity index (χ0v) is 36.4. The van der Waals surface area contributed by atoms with E-state index in [0.717, 1.165) is 70.1 Å². The maximum Gasteiger partial charge on any atom is 0.500 e. The smallest absolute Gasteiger partial charge is 0.374 e. The van der Waals surface area contributed by atoms with Crippen molar-refractivity contribution in [2.24, 2.45) is 0 Å². The van der Waals surface area contributed by atoms with E-state index < -0.39 is 26.4 Å². The minimum absolute atomic E-state index is 0.570. The first kappa shape index (κ1) is 46.4. The van der Waals surface area contributed by atoms with E-state index >= 15 is 0 Å². The van der Waals surface area contributed by atoms with E-state index in [-0.39, 0.29) is 0 Å². The molecule has 0 aromatic carbocycles. The highest BCUT2D eigenvalue weighted by molar-refractivity contribution is 8.00. The van der Waals surface area contributed by atoms with Crippen LogP contribution in [0.5, 0.6) is 0 Å². The van der Waals surface area contributed by atoms with Crippen molar-refractivity contribution in [1.82, 2.24) is 15.0 Å². The molecule has 0 aliphatic rings. The molecule has 1 aromatic rings. The lowest BCUT2D eigenvalue weighted by atomic mass is 10.6. The van der Waals surface area contributed by atoms with Crippen molar-refractivity contribution in [2.75, 3.05) is 76.7 Å². The molecule has 0 fully saturated rings. The van der Waals surface area contributed by atoms with Crippen LogP contribution in [0, 0.1) is 0 Å². The van der Waals surface area contributed by atoms with Crippen molar-refractivity contribution in [1.29, 1.82) is 0 Å². The van der Waals surface area contributed by atoms with Crippen molar-refractivity contribution in [2.45, 2.75) is 115 Å². The predicted molar refractivity (Wildman–Crippen MR) is 202 cm³/mol. The molecule has 1 rings (SSSR count). The number of aromatic nitrogens is 3. The van der Waals surface area contributed by atoms with Crippen LogP contribution in [0.25, 0.3) is 0 Å². The monoisotopic (exact) mass is 789 g/mol. The molecule has 0 aliphatic carbocycles. The summed E-state index contributed by atoms with van der Waals surface area (Å²) in [6, 6.07) is 2.25. The normalized spacial score (nSPS) is 12.7. The van der Waals surface area contributed by atoms with E-state index in [1.165, 1.54) is 0 Å². The van der Waals surface area contributed by atoms with Gasteiger partial charge in [0, 0.05) is 94.9 Å². The van der Waals surface area contributed by atoms with Gasteiger partial charge < -0.3 is 39.8 Å². The van der Waals surface area contributed by atoms with Crippen molar-refractivity contribution in [3.8, 4) is 0 Å². The number of hydrogen-bond donors (Lipinski definition) is 0. The molecule has 1 aromatic heterocycles. The maximum absolute atomic E-state index is 6.04. The number of nitrogens with zero attached hydrogens (tertiary/aromatic N) is 3. The molecule has 0 saturated heterocycles. The lowest BCUT2D eigenvalue weighted by Crippen LogP contribution is -2.46. The van der Waals surface area contributed by atoms with Crippen LogP contribution in [-0.4, -0.2) is 118 Å². The van der Waals surface area contributed by atoms with Gasteiger partial charge in [0.25, 0.3) is 0 Å². The number of rotatable bonds is 33. The molecule has 0 atom stereocenters. The molecule has 0 saturated carbocycles. The van der Waals surface area contributed by atoms with Crippen molar-refractivity contribution >= 4 is 61.7 Å². The first-order chi connectivity index (χ1) is 23.3. The fraction of sp³-hybridized carbons (Fsp3) is 0.900. The summed E-state index contributed by atoms with van der Waals surface area (Å²) >= 11 is 4.89. The highest BCUT2D eigenvalue weighted by Crippen LogP contribution is 2.28. The van der Waals surface area contributed by atoms with Gasteiger partial charge in [0.05, 0.1) is 0 Å². The van der Waals surface area contributed by atoms with Crippen LogP contribution in [0.2, 0.25) is 18.1 Å². The highest BCUT2D eigenvalue weighted by atomic mass is 32.2. The minimum Gasteiger partial charge on any atom is -0.374 e. The van der Waals surface area contributed by atoms with Gasteiger partial charge in [-0.15, -0.1) is 0 Å². The third kappa shape index (κ3) is 18.2. The molecule has 0 radical (unpaired) electrons. The molecule has 0 bridgehead atoms. The zero-order chi connectivity index (χ0) is 35.6. The Balaban J connectivity index is 3.02. The van der Waals surface area contributed by atoms with Gasteiger partial charge in [-0.1, -0.05) is 35.3 Å². The summed E-state index contributed by atoms with van der Waals surface area (Å²) < 4.78 is 54.4. The molecule has 0 unspecified atom stereocenters. The minimum atomic E-state index is -2.70. The first-order valence-corrected chi connectivity index (χ1v) is 26.4. The average molecular weight is 790 g/mol. The second kappa shape index (κ2) is 27.9. The van der Waals surface area contributed by atoms with Crippen molar-refractivity contribution in [3.63, 3.8) is 0 Å². The van der Waals surface area contributed by atoms with Gasteiger partial charge in [-0.05, 0) is 81.6 Å². The van der Waals surface area contributed by atoms with Gasteiger partial charge in [0.15, 0.2) is 15.5 Å². The Labute approximate surface area is 307 Å². The van der Waals surface area contributed by atoms with E-state index in [9.17, 15) is 0 Å². The van der Waals surface area contributed by atoms with Crippen molar-refractivity contribution in [3.05, 3.63) is 0 Å². The molecule has 0 aliphatic heterocycles. The summed E-state index contributed by atoms with van der Waals surface area (Å²) in [5, 5.41) is 2.15. The summed E-state index contributed by atoms with van der Waals surface area (Å²) in [6.45, 7) is 23.0. The van der Waals surface area contributed by atoms with Crippen LogP contribution in [0.15, 0.2) is 15.5 Å². The fourth-order valence-corrected chi connectivity index (χ4v) is 16.0. The summed E-state index contributed by atoms with van der Waals surface area (Å²) in [5.41, 5.74) is 0. The van der Waals surface area contributed by atoms with Crippen LogP contribution < -0.4 is 0 Å². The van der Waals surface area contributed by atoms with E-state index in [1.807, 2.05) is 62.3 Å². The van der Waals surface area contributed by atoms with E-state index in [0.29, 0.717) is 59.5 Å².